The van der Waals surface area contributed by atoms with Gasteiger partial charge in [-0.1, -0.05) is 12.1 Å². The number of nitrogens with one attached hydrogen (secondary N) is 3. The number of fused-ring (bicyclic) bond motifs is 1. The molecule has 0 atom stereocenters. The first-order valence-electron chi connectivity index (χ1n) is 10.1. The summed E-state index contributed by atoms with van der Waals surface area (Å²) in [6.07, 6.45) is 4.86. The van der Waals surface area contributed by atoms with Crippen molar-refractivity contribution in [2.24, 2.45) is 4.99 Å². The Morgan fingerprint density at radius 3 is 2.79 bits per heavy atom. The monoisotopic (exact) mass is 393 g/mol. The fraction of sp³-hybridized carbons (Fsp3) is 0.391. The maximum atomic E-state index is 5.50. The predicted octanol–water partition coefficient (Wildman–Crippen LogP) is 3.79. The van der Waals surface area contributed by atoms with Crippen molar-refractivity contribution in [2.75, 3.05) is 20.2 Å². The number of aliphatic imine (C=N–C) groups is 1. The molecule has 0 saturated heterocycles. The SMILES string of the molecule is CCNC(=NCc1ncc(C)c(OC)c1C)NCCc1c[nH]c2cc(C)ccc12. The van der Waals surface area contributed by atoms with Crippen LogP contribution in [-0.2, 0) is 13.0 Å². The average Bonchev–Trinajstić information content (AvgIpc) is 3.09. The summed E-state index contributed by atoms with van der Waals surface area (Å²) in [7, 11) is 1.69. The summed E-state index contributed by atoms with van der Waals surface area (Å²) in [6.45, 7) is 10.3. The van der Waals surface area contributed by atoms with E-state index in [9.17, 15) is 0 Å². The summed E-state index contributed by atoms with van der Waals surface area (Å²) >= 11 is 0. The highest BCUT2D eigenvalue weighted by atomic mass is 16.5. The summed E-state index contributed by atoms with van der Waals surface area (Å²) in [6, 6.07) is 6.53. The van der Waals surface area contributed by atoms with Crippen molar-refractivity contribution >= 4 is 16.9 Å². The molecular formula is C23H31N5O. The van der Waals surface area contributed by atoms with Gasteiger partial charge in [-0.2, -0.15) is 0 Å². The minimum absolute atomic E-state index is 0.504. The second-order valence-corrected chi connectivity index (χ2v) is 7.28. The first-order valence-corrected chi connectivity index (χ1v) is 10.1. The van der Waals surface area contributed by atoms with Gasteiger partial charge in [0.2, 0.25) is 0 Å². The lowest BCUT2D eigenvalue weighted by atomic mass is 10.1. The molecular weight excluding hydrogens is 362 g/mol. The van der Waals surface area contributed by atoms with Gasteiger partial charge in [0.1, 0.15) is 5.75 Å². The van der Waals surface area contributed by atoms with E-state index < -0.39 is 0 Å². The smallest absolute Gasteiger partial charge is 0.191 e. The summed E-state index contributed by atoms with van der Waals surface area (Å²) in [5.74, 6) is 1.68. The standard InChI is InChI=1S/C23H31N5O/c1-6-24-23(28-14-21-17(4)22(29-5)16(3)12-26-21)25-10-9-18-13-27-20-11-15(2)7-8-19(18)20/h7-8,11-13,27H,6,9-10,14H2,1-5H3,(H2,24,25,28). The number of hydrogen-bond donors (Lipinski definition) is 3. The van der Waals surface area contributed by atoms with Crippen LogP contribution < -0.4 is 15.4 Å². The van der Waals surface area contributed by atoms with Gasteiger partial charge >= 0.3 is 0 Å². The number of hydrogen-bond acceptors (Lipinski definition) is 3. The van der Waals surface area contributed by atoms with E-state index in [1.54, 1.807) is 7.11 Å². The van der Waals surface area contributed by atoms with Crippen LogP contribution >= 0.6 is 0 Å². The van der Waals surface area contributed by atoms with Gasteiger partial charge in [0, 0.05) is 47.5 Å². The van der Waals surface area contributed by atoms with Crippen LogP contribution in [0.5, 0.6) is 5.75 Å². The fourth-order valence-corrected chi connectivity index (χ4v) is 3.55. The Balaban J connectivity index is 1.65. The van der Waals surface area contributed by atoms with Gasteiger partial charge in [0.05, 0.1) is 19.3 Å². The molecule has 29 heavy (non-hydrogen) atoms. The van der Waals surface area contributed by atoms with Crippen LogP contribution in [0.4, 0.5) is 0 Å². The Morgan fingerprint density at radius 2 is 2.03 bits per heavy atom. The summed E-state index contributed by atoms with van der Waals surface area (Å²) in [5.41, 5.74) is 6.77. The summed E-state index contributed by atoms with van der Waals surface area (Å²) in [4.78, 5) is 12.6. The van der Waals surface area contributed by atoms with Crippen LogP contribution in [0.3, 0.4) is 0 Å². The molecule has 0 bridgehead atoms. The Bertz CT molecular complexity index is 1010. The van der Waals surface area contributed by atoms with Crippen LogP contribution in [0.25, 0.3) is 10.9 Å². The zero-order chi connectivity index (χ0) is 20.8. The zero-order valence-corrected chi connectivity index (χ0v) is 18.0. The first-order chi connectivity index (χ1) is 14.0. The minimum Gasteiger partial charge on any atom is -0.496 e. The van der Waals surface area contributed by atoms with Gasteiger partial charge in [-0.05, 0) is 51.3 Å². The maximum Gasteiger partial charge on any atom is 0.191 e. The molecule has 0 spiro atoms. The molecule has 0 amide bonds. The third kappa shape index (κ3) is 4.88. The highest BCUT2D eigenvalue weighted by Gasteiger charge is 2.09. The van der Waals surface area contributed by atoms with E-state index >= 15 is 0 Å². The molecule has 3 N–H and O–H groups in total. The number of H-pyrrole nitrogens is 1. The van der Waals surface area contributed by atoms with Crippen molar-refractivity contribution in [3.63, 3.8) is 0 Å². The number of rotatable bonds is 7. The van der Waals surface area contributed by atoms with Gasteiger partial charge < -0.3 is 20.4 Å². The third-order valence-corrected chi connectivity index (χ3v) is 5.09. The molecule has 0 fully saturated rings. The van der Waals surface area contributed by atoms with Crippen LogP contribution in [0, 0.1) is 20.8 Å². The molecule has 0 aliphatic rings. The van der Waals surface area contributed by atoms with Crippen molar-refractivity contribution in [3.05, 3.63) is 58.5 Å². The number of aryl methyl sites for hydroxylation is 2. The van der Waals surface area contributed by atoms with Crippen molar-refractivity contribution < 1.29 is 4.74 Å². The molecule has 6 nitrogen and oxygen atoms in total. The molecule has 0 radical (unpaired) electrons. The van der Waals surface area contributed by atoms with Crippen LogP contribution in [0.1, 0.15) is 34.9 Å². The zero-order valence-electron chi connectivity index (χ0n) is 18.0. The average molecular weight is 394 g/mol. The molecule has 2 aromatic heterocycles. The number of aromatic nitrogens is 2. The van der Waals surface area contributed by atoms with Gasteiger partial charge in [-0.3, -0.25) is 4.98 Å². The second kappa shape index (κ2) is 9.45. The van der Waals surface area contributed by atoms with E-state index in [1.807, 2.05) is 20.0 Å². The van der Waals surface area contributed by atoms with Crippen LogP contribution in [0.2, 0.25) is 0 Å². The molecule has 3 rings (SSSR count). The molecule has 0 unspecified atom stereocenters. The van der Waals surface area contributed by atoms with E-state index in [2.05, 4.69) is 58.8 Å². The summed E-state index contributed by atoms with van der Waals surface area (Å²) in [5, 5.41) is 8.02. The van der Waals surface area contributed by atoms with Crippen molar-refractivity contribution in [2.45, 2.75) is 40.7 Å². The highest BCUT2D eigenvalue weighted by molar-refractivity contribution is 5.84. The fourth-order valence-electron chi connectivity index (χ4n) is 3.55. The molecule has 0 aliphatic heterocycles. The number of ether oxygens (including phenoxy) is 1. The van der Waals surface area contributed by atoms with E-state index in [0.717, 1.165) is 48.0 Å². The van der Waals surface area contributed by atoms with Gasteiger partial charge in [-0.25, -0.2) is 4.99 Å². The molecule has 1 aromatic carbocycles. The van der Waals surface area contributed by atoms with E-state index in [-0.39, 0.29) is 0 Å². The number of methoxy groups -OCH3 is 1. The number of nitrogens with zero attached hydrogens (tertiary/aromatic N) is 2. The van der Waals surface area contributed by atoms with Crippen molar-refractivity contribution in [1.29, 1.82) is 0 Å². The number of guanidine groups is 1. The minimum atomic E-state index is 0.504. The lowest BCUT2D eigenvalue weighted by Crippen LogP contribution is -2.38. The summed E-state index contributed by atoms with van der Waals surface area (Å²) < 4.78 is 5.50. The number of benzene rings is 1. The Kier molecular flexibility index (Phi) is 6.75. The Morgan fingerprint density at radius 1 is 1.21 bits per heavy atom. The van der Waals surface area contributed by atoms with Crippen molar-refractivity contribution in [3.8, 4) is 5.75 Å². The third-order valence-electron chi connectivity index (χ3n) is 5.09. The van der Waals surface area contributed by atoms with E-state index in [1.165, 1.54) is 22.0 Å². The highest BCUT2D eigenvalue weighted by Crippen LogP contribution is 2.24. The molecule has 3 aromatic rings. The Labute approximate surface area is 172 Å². The lowest BCUT2D eigenvalue weighted by Gasteiger charge is -2.13. The van der Waals surface area contributed by atoms with E-state index in [4.69, 9.17) is 9.73 Å². The van der Waals surface area contributed by atoms with Gasteiger partial charge in [-0.15, -0.1) is 0 Å². The quantitative estimate of drug-likeness (QED) is 0.422. The van der Waals surface area contributed by atoms with Gasteiger partial charge in [0.15, 0.2) is 5.96 Å². The first kappa shape index (κ1) is 20.7. The van der Waals surface area contributed by atoms with Crippen LogP contribution in [-0.4, -0.2) is 36.1 Å². The molecule has 6 heteroatoms. The molecule has 2 heterocycles. The van der Waals surface area contributed by atoms with E-state index in [0.29, 0.717) is 6.54 Å². The lowest BCUT2D eigenvalue weighted by molar-refractivity contribution is 0.407. The number of pyridine rings is 1. The molecule has 154 valence electrons. The largest absolute Gasteiger partial charge is 0.496 e. The second-order valence-electron chi connectivity index (χ2n) is 7.28. The van der Waals surface area contributed by atoms with Crippen LogP contribution in [0.15, 0.2) is 35.6 Å². The topological polar surface area (TPSA) is 74.3 Å². The predicted molar refractivity (Wildman–Crippen MR) is 120 cm³/mol. The number of aromatic amines is 1. The van der Waals surface area contributed by atoms with Crippen molar-refractivity contribution in [1.82, 2.24) is 20.6 Å². The normalized spacial score (nSPS) is 11.7. The van der Waals surface area contributed by atoms with Gasteiger partial charge in [0.25, 0.3) is 0 Å². The molecule has 0 aliphatic carbocycles. The maximum absolute atomic E-state index is 5.50. The Hall–Kier alpha value is -3.02. The molecule has 0 saturated carbocycles.